The van der Waals surface area contributed by atoms with E-state index >= 15 is 0 Å². The molecule has 0 radical (unpaired) electrons. The minimum absolute atomic E-state index is 0.199. The zero-order valence-electron chi connectivity index (χ0n) is 11.4. The van der Waals surface area contributed by atoms with Gasteiger partial charge in [-0.05, 0) is 12.5 Å². The van der Waals surface area contributed by atoms with Crippen molar-refractivity contribution in [3.05, 3.63) is 54.4 Å². The van der Waals surface area contributed by atoms with Gasteiger partial charge in [0.25, 0.3) is 0 Å². The minimum atomic E-state index is 0.199. The molecule has 1 aromatic carbocycles. The van der Waals surface area contributed by atoms with Crippen LogP contribution in [0.2, 0.25) is 0 Å². The smallest absolute Gasteiger partial charge is 0.0550 e. The molecule has 0 spiro atoms. The summed E-state index contributed by atoms with van der Waals surface area (Å²) in [6.07, 6.45) is 1.79. The molecule has 0 unspecified atom stereocenters. The van der Waals surface area contributed by atoms with Crippen molar-refractivity contribution in [3.8, 4) is 0 Å². The first-order valence-electron chi connectivity index (χ1n) is 6.23. The van der Waals surface area contributed by atoms with Crippen molar-refractivity contribution in [2.75, 3.05) is 0 Å². The van der Waals surface area contributed by atoms with Gasteiger partial charge in [0.2, 0.25) is 0 Å². The Morgan fingerprint density at radius 3 is 2.39 bits per heavy atom. The molecule has 4 N–H and O–H groups in total. The van der Waals surface area contributed by atoms with Gasteiger partial charge in [-0.3, -0.25) is 0 Å². The number of hydrogen-bond acceptors (Lipinski definition) is 3. The lowest BCUT2D eigenvalue weighted by molar-refractivity contribution is 0.522. The Hall–Kier alpha value is -1.74. The Morgan fingerprint density at radius 2 is 1.83 bits per heavy atom. The van der Waals surface area contributed by atoms with Crippen LogP contribution in [0.4, 0.5) is 0 Å². The summed E-state index contributed by atoms with van der Waals surface area (Å²) in [5.74, 6) is 0. The Balaban J connectivity index is 2.56. The normalized spacial score (nSPS) is 13.4. The van der Waals surface area contributed by atoms with E-state index in [1.807, 2.05) is 30.3 Å². The van der Waals surface area contributed by atoms with Gasteiger partial charge in [-0.2, -0.15) is 0 Å². The summed E-state index contributed by atoms with van der Waals surface area (Å²) in [7, 11) is 0. The largest absolute Gasteiger partial charge is 0.397 e. The zero-order chi connectivity index (χ0) is 13.5. The van der Waals surface area contributed by atoms with Crippen LogP contribution in [0.25, 0.3) is 5.70 Å². The van der Waals surface area contributed by atoms with Crippen LogP contribution in [-0.2, 0) is 0 Å². The first-order valence-corrected chi connectivity index (χ1v) is 6.23. The van der Waals surface area contributed by atoms with Crippen molar-refractivity contribution in [3.63, 3.8) is 0 Å². The molecule has 0 aliphatic carbocycles. The summed E-state index contributed by atoms with van der Waals surface area (Å²) in [5, 5.41) is 6.52. The van der Waals surface area contributed by atoms with E-state index in [1.165, 1.54) is 0 Å². The Kier molecular flexibility index (Phi) is 5.46. The predicted octanol–water partition coefficient (Wildman–Crippen LogP) is 2.43. The Bertz CT molecular complexity index is 407. The SMILES string of the molecule is C=C(N/C=C(\N)c1ccccc1)[C@H](C)NC(C)C. The lowest BCUT2D eigenvalue weighted by Gasteiger charge is -2.19. The van der Waals surface area contributed by atoms with Gasteiger partial charge in [-0.25, -0.2) is 0 Å². The van der Waals surface area contributed by atoms with Crippen LogP contribution in [0, 0.1) is 0 Å². The first-order chi connectivity index (χ1) is 8.50. The van der Waals surface area contributed by atoms with E-state index in [4.69, 9.17) is 5.73 Å². The molecule has 0 aliphatic rings. The summed E-state index contributed by atoms with van der Waals surface area (Å²) in [6.45, 7) is 10.3. The highest BCUT2D eigenvalue weighted by Crippen LogP contribution is 2.07. The van der Waals surface area contributed by atoms with Crippen LogP contribution in [0.5, 0.6) is 0 Å². The van der Waals surface area contributed by atoms with Crippen molar-refractivity contribution >= 4 is 5.70 Å². The molecule has 0 saturated heterocycles. The van der Waals surface area contributed by atoms with Gasteiger partial charge in [0.15, 0.2) is 0 Å². The third-order valence-corrected chi connectivity index (χ3v) is 2.63. The second-order valence-electron chi connectivity index (χ2n) is 4.68. The highest BCUT2D eigenvalue weighted by Gasteiger charge is 2.06. The third-order valence-electron chi connectivity index (χ3n) is 2.63. The number of nitrogens with one attached hydrogen (secondary N) is 2. The van der Waals surface area contributed by atoms with E-state index in [2.05, 4.69) is 38.0 Å². The van der Waals surface area contributed by atoms with Gasteiger partial charge >= 0.3 is 0 Å². The van der Waals surface area contributed by atoms with Crippen molar-refractivity contribution in [2.45, 2.75) is 32.9 Å². The van der Waals surface area contributed by atoms with E-state index < -0.39 is 0 Å². The van der Waals surface area contributed by atoms with Crippen LogP contribution in [0.3, 0.4) is 0 Å². The van der Waals surface area contributed by atoms with Crippen LogP contribution >= 0.6 is 0 Å². The maximum absolute atomic E-state index is 5.98. The van der Waals surface area contributed by atoms with E-state index in [-0.39, 0.29) is 6.04 Å². The van der Waals surface area contributed by atoms with Gasteiger partial charge in [0.1, 0.15) is 0 Å². The second kappa shape index (κ2) is 6.87. The molecule has 0 aliphatic heterocycles. The average Bonchev–Trinajstić information content (AvgIpc) is 2.35. The molecular weight excluding hydrogens is 222 g/mol. The summed E-state index contributed by atoms with van der Waals surface area (Å²) in [6, 6.07) is 10.5. The molecular formula is C15H23N3. The Labute approximate surface area is 110 Å². The molecule has 0 fully saturated rings. The summed E-state index contributed by atoms with van der Waals surface area (Å²) < 4.78 is 0. The maximum atomic E-state index is 5.98. The topological polar surface area (TPSA) is 50.1 Å². The fraction of sp³-hybridized carbons (Fsp3) is 0.333. The van der Waals surface area contributed by atoms with Gasteiger partial charge < -0.3 is 16.4 Å². The van der Waals surface area contributed by atoms with Crippen molar-refractivity contribution < 1.29 is 0 Å². The highest BCUT2D eigenvalue weighted by molar-refractivity contribution is 5.62. The van der Waals surface area contributed by atoms with Crippen molar-refractivity contribution in [2.24, 2.45) is 5.73 Å². The lowest BCUT2D eigenvalue weighted by Crippen LogP contribution is -2.36. The molecule has 0 amide bonds. The molecule has 0 bridgehead atoms. The fourth-order valence-electron chi connectivity index (χ4n) is 1.61. The van der Waals surface area contributed by atoms with E-state index in [1.54, 1.807) is 6.20 Å². The molecule has 18 heavy (non-hydrogen) atoms. The van der Waals surface area contributed by atoms with E-state index in [0.29, 0.717) is 11.7 Å². The van der Waals surface area contributed by atoms with Gasteiger partial charge in [-0.15, -0.1) is 0 Å². The first kappa shape index (κ1) is 14.3. The Morgan fingerprint density at radius 1 is 1.22 bits per heavy atom. The summed E-state index contributed by atoms with van der Waals surface area (Å²) in [4.78, 5) is 0. The predicted molar refractivity (Wildman–Crippen MR) is 78.6 cm³/mol. The second-order valence-corrected chi connectivity index (χ2v) is 4.68. The van der Waals surface area contributed by atoms with Crippen LogP contribution < -0.4 is 16.4 Å². The number of hydrogen-bond donors (Lipinski definition) is 3. The van der Waals surface area contributed by atoms with E-state index in [0.717, 1.165) is 11.3 Å². The van der Waals surface area contributed by atoms with Gasteiger partial charge in [-0.1, -0.05) is 50.8 Å². The lowest BCUT2D eigenvalue weighted by atomic mass is 10.2. The number of rotatable bonds is 6. The fourth-order valence-corrected chi connectivity index (χ4v) is 1.61. The van der Waals surface area contributed by atoms with E-state index in [9.17, 15) is 0 Å². The van der Waals surface area contributed by atoms with Crippen molar-refractivity contribution in [1.82, 2.24) is 10.6 Å². The number of benzene rings is 1. The quantitative estimate of drug-likeness (QED) is 0.721. The highest BCUT2D eigenvalue weighted by atomic mass is 15.0. The molecule has 1 aromatic rings. The summed E-state index contributed by atoms with van der Waals surface area (Å²) in [5.41, 5.74) is 8.59. The number of nitrogens with two attached hydrogens (primary N) is 1. The van der Waals surface area contributed by atoms with Crippen LogP contribution in [0.15, 0.2) is 48.8 Å². The molecule has 1 atom stereocenters. The third kappa shape index (κ3) is 4.63. The molecule has 3 nitrogen and oxygen atoms in total. The molecule has 0 heterocycles. The summed E-state index contributed by atoms with van der Waals surface area (Å²) >= 11 is 0. The molecule has 98 valence electrons. The molecule has 0 saturated carbocycles. The van der Waals surface area contributed by atoms with Gasteiger partial charge in [0.05, 0.1) is 5.70 Å². The van der Waals surface area contributed by atoms with Gasteiger partial charge in [0, 0.05) is 24.0 Å². The minimum Gasteiger partial charge on any atom is -0.397 e. The maximum Gasteiger partial charge on any atom is 0.0550 e. The molecule has 1 rings (SSSR count). The molecule has 3 heteroatoms. The van der Waals surface area contributed by atoms with Crippen LogP contribution in [-0.4, -0.2) is 12.1 Å². The van der Waals surface area contributed by atoms with Crippen molar-refractivity contribution in [1.29, 1.82) is 0 Å². The standard InChI is InChI=1S/C15H23N3/c1-11(2)18-13(4)12(3)17-10-15(16)14-8-6-5-7-9-14/h5-11,13,17-18H,3,16H2,1-2,4H3/b15-10-/t13-/m0/s1. The monoisotopic (exact) mass is 245 g/mol. The van der Waals surface area contributed by atoms with Crippen LogP contribution in [0.1, 0.15) is 26.3 Å². The zero-order valence-corrected chi connectivity index (χ0v) is 11.4. The molecule has 0 aromatic heterocycles. The average molecular weight is 245 g/mol.